The van der Waals surface area contributed by atoms with Crippen molar-refractivity contribution in [3.8, 4) is 5.75 Å². The number of hydrogen-bond acceptors (Lipinski definition) is 5. The molecule has 0 saturated heterocycles. The number of amides is 3. The van der Waals surface area contributed by atoms with Crippen LogP contribution in [-0.4, -0.2) is 29.4 Å². The maximum atomic E-state index is 12.5. The van der Waals surface area contributed by atoms with Crippen LogP contribution in [0.25, 0.3) is 0 Å². The normalized spacial score (nSPS) is 10.3. The molecular weight excluding hydrogens is 512 g/mol. The number of aryl methyl sites for hydroxylation is 1. The van der Waals surface area contributed by atoms with E-state index in [4.69, 9.17) is 17.0 Å². The van der Waals surface area contributed by atoms with Gasteiger partial charge in [-0.2, -0.15) is 0 Å². The number of rotatable bonds is 11. The van der Waals surface area contributed by atoms with E-state index in [0.717, 1.165) is 18.4 Å². The number of benzene rings is 3. The highest BCUT2D eigenvalue weighted by Crippen LogP contribution is 2.14. The van der Waals surface area contributed by atoms with Crippen LogP contribution >= 0.6 is 12.2 Å². The van der Waals surface area contributed by atoms with Crippen molar-refractivity contribution in [1.29, 1.82) is 0 Å². The third-order valence-corrected chi connectivity index (χ3v) is 6.04. The molecule has 0 fully saturated rings. The summed E-state index contributed by atoms with van der Waals surface area (Å²) < 4.78 is 5.72. The van der Waals surface area contributed by atoms with E-state index >= 15 is 0 Å². The Morgan fingerprint density at radius 2 is 1.41 bits per heavy atom. The molecular formula is C30H34N4O4S. The number of nitrogens with one attached hydrogen (secondary N) is 4. The Hall–Kier alpha value is -4.24. The zero-order valence-electron chi connectivity index (χ0n) is 22.2. The SMILES string of the molecule is CCCCCCCOc1ccc(C(=O)NC(=S)NNC(=O)c2ccc(NC(=O)c3cccc(C)c3)cc2)cc1. The van der Waals surface area contributed by atoms with Gasteiger partial charge < -0.3 is 10.1 Å². The number of ether oxygens (including phenoxy) is 1. The summed E-state index contributed by atoms with van der Waals surface area (Å²) in [5, 5.41) is 5.27. The molecule has 3 rings (SSSR count). The van der Waals surface area contributed by atoms with Crippen molar-refractivity contribution in [2.45, 2.75) is 46.0 Å². The molecule has 3 aromatic carbocycles. The second-order valence-electron chi connectivity index (χ2n) is 9.05. The fraction of sp³-hybridized carbons (Fsp3) is 0.267. The van der Waals surface area contributed by atoms with Crippen molar-refractivity contribution < 1.29 is 19.1 Å². The number of carbonyl (C=O) groups is 3. The predicted molar refractivity (Wildman–Crippen MR) is 157 cm³/mol. The lowest BCUT2D eigenvalue weighted by Gasteiger charge is -2.12. The summed E-state index contributed by atoms with van der Waals surface area (Å²) in [4.78, 5) is 37.3. The lowest BCUT2D eigenvalue weighted by Crippen LogP contribution is -2.48. The molecule has 0 spiro atoms. The van der Waals surface area contributed by atoms with Crippen molar-refractivity contribution in [3.63, 3.8) is 0 Å². The van der Waals surface area contributed by atoms with Gasteiger partial charge in [-0.15, -0.1) is 0 Å². The highest BCUT2D eigenvalue weighted by atomic mass is 32.1. The first-order chi connectivity index (χ1) is 18.9. The Kier molecular flexibility index (Phi) is 11.5. The fourth-order valence-corrected chi connectivity index (χ4v) is 3.83. The summed E-state index contributed by atoms with van der Waals surface area (Å²) in [6, 6.07) is 20.5. The summed E-state index contributed by atoms with van der Waals surface area (Å²) in [7, 11) is 0. The van der Waals surface area contributed by atoms with Crippen molar-refractivity contribution in [2.24, 2.45) is 0 Å². The molecule has 0 radical (unpaired) electrons. The van der Waals surface area contributed by atoms with Gasteiger partial charge in [0.2, 0.25) is 0 Å². The molecule has 0 aliphatic carbocycles. The predicted octanol–water partition coefficient (Wildman–Crippen LogP) is 5.55. The number of hydrazine groups is 1. The molecule has 204 valence electrons. The highest BCUT2D eigenvalue weighted by Gasteiger charge is 2.11. The van der Waals surface area contributed by atoms with Gasteiger partial charge in [0, 0.05) is 22.4 Å². The monoisotopic (exact) mass is 546 g/mol. The van der Waals surface area contributed by atoms with E-state index in [1.165, 1.54) is 19.3 Å². The van der Waals surface area contributed by atoms with Crippen LogP contribution in [0.1, 0.15) is 75.7 Å². The average Bonchev–Trinajstić information content (AvgIpc) is 2.94. The van der Waals surface area contributed by atoms with Crippen LogP contribution in [0, 0.1) is 6.92 Å². The van der Waals surface area contributed by atoms with Gasteiger partial charge in [-0.3, -0.25) is 30.6 Å². The minimum absolute atomic E-state index is 0.0530. The summed E-state index contributed by atoms with van der Waals surface area (Å²) in [5.41, 5.74) is 7.80. The molecule has 4 N–H and O–H groups in total. The van der Waals surface area contributed by atoms with Gasteiger partial charge in [0.1, 0.15) is 5.75 Å². The van der Waals surface area contributed by atoms with Gasteiger partial charge in [0.05, 0.1) is 6.61 Å². The van der Waals surface area contributed by atoms with E-state index < -0.39 is 11.8 Å². The van der Waals surface area contributed by atoms with E-state index in [0.29, 0.717) is 34.7 Å². The van der Waals surface area contributed by atoms with E-state index in [1.54, 1.807) is 60.7 Å². The summed E-state index contributed by atoms with van der Waals surface area (Å²) in [6.07, 6.45) is 5.82. The molecule has 0 aromatic heterocycles. The summed E-state index contributed by atoms with van der Waals surface area (Å²) in [6.45, 7) is 4.75. The lowest BCUT2D eigenvalue weighted by atomic mass is 10.1. The van der Waals surface area contributed by atoms with Crippen LogP contribution in [0.3, 0.4) is 0 Å². The largest absolute Gasteiger partial charge is 0.494 e. The maximum Gasteiger partial charge on any atom is 0.269 e. The third-order valence-electron chi connectivity index (χ3n) is 5.83. The molecule has 0 bridgehead atoms. The number of hydrogen-bond donors (Lipinski definition) is 4. The standard InChI is InChI=1S/C30H34N4O4S/c1-3-4-5-6-7-19-38-26-17-13-22(14-18-26)27(35)32-30(39)34-33-29(37)23-11-15-25(16-12-23)31-28(36)24-10-8-9-21(2)20-24/h8-18,20H,3-7,19H2,1-2H3,(H,31,36)(H,33,37)(H2,32,34,35,39). The second kappa shape index (κ2) is 15.2. The van der Waals surface area contributed by atoms with Gasteiger partial charge >= 0.3 is 0 Å². The Balaban J connectivity index is 1.40. The Labute approximate surface area is 234 Å². The Bertz CT molecular complexity index is 1280. The molecule has 9 heteroatoms. The average molecular weight is 547 g/mol. The second-order valence-corrected chi connectivity index (χ2v) is 9.46. The van der Waals surface area contributed by atoms with Gasteiger partial charge in [-0.25, -0.2) is 0 Å². The Morgan fingerprint density at radius 1 is 0.744 bits per heavy atom. The third kappa shape index (κ3) is 9.86. The highest BCUT2D eigenvalue weighted by molar-refractivity contribution is 7.80. The topological polar surface area (TPSA) is 109 Å². The zero-order valence-corrected chi connectivity index (χ0v) is 23.0. The molecule has 0 unspecified atom stereocenters. The number of unbranched alkanes of at least 4 members (excludes halogenated alkanes) is 4. The molecule has 0 atom stereocenters. The Morgan fingerprint density at radius 3 is 2.10 bits per heavy atom. The van der Waals surface area contributed by atoms with Crippen LogP contribution in [0.5, 0.6) is 5.75 Å². The summed E-state index contributed by atoms with van der Waals surface area (Å²) in [5.74, 6) is -0.407. The van der Waals surface area contributed by atoms with E-state index in [1.807, 2.05) is 19.1 Å². The van der Waals surface area contributed by atoms with Gasteiger partial charge in [0.25, 0.3) is 17.7 Å². The summed E-state index contributed by atoms with van der Waals surface area (Å²) >= 11 is 5.12. The molecule has 8 nitrogen and oxygen atoms in total. The molecule has 0 heterocycles. The minimum Gasteiger partial charge on any atom is -0.494 e. The van der Waals surface area contributed by atoms with Crippen LogP contribution in [0.4, 0.5) is 5.69 Å². The van der Waals surface area contributed by atoms with Gasteiger partial charge in [0.15, 0.2) is 5.11 Å². The molecule has 3 aromatic rings. The van der Waals surface area contributed by atoms with Crippen molar-refractivity contribution in [2.75, 3.05) is 11.9 Å². The van der Waals surface area contributed by atoms with Gasteiger partial charge in [-0.1, -0.05) is 50.3 Å². The number of anilines is 1. The lowest BCUT2D eigenvalue weighted by molar-refractivity contribution is 0.0934. The van der Waals surface area contributed by atoms with Crippen LogP contribution in [0.2, 0.25) is 0 Å². The van der Waals surface area contributed by atoms with E-state index in [-0.39, 0.29) is 11.0 Å². The number of carbonyl (C=O) groups excluding carboxylic acids is 3. The first-order valence-corrected chi connectivity index (χ1v) is 13.4. The quantitative estimate of drug-likeness (QED) is 0.143. The molecule has 39 heavy (non-hydrogen) atoms. The molecule has 3 amide bonds. The van der Waals surface area contributed by atoms with Crippen LogP contribution in [-0.2, 0) is 0 Å². The first kappa shape index (κ1) is 29.3. The minimum atomic E-state index is -0.459. The smallest absolute Gasteiger partial charge is 0.269 e. The molecule has 0 aliphatic rings. The first-order valence-electron chi connectivity index (χ1n) is 13.0. The zero-order chi connectivity index (χ0) is 28.0. The van der Waals surface area contributed by atoms with Crippen LogP contribution < -0.4 is 26.2 Å². The van der Waals surface area contributed by atoms with Crippen molar-refractivity contribution >= 4 is 40.7 Å². The van der Waals surface area contributed by atoms with Crippen molar-refractivity contribution in [3.05, 3.63) is 95.1 Å². The van der Waals surface area contributed by atoms with Crippen molar-refractivity contribution in [1.82, 2.24) is 16.2 Å². The molecule has 0 aliphatic heterocycles. The van der Waals surface area contributed by atoms with E-state index in [2.05, 4.69) is 28.4 Å². The molecule has 0 saturated carbocycles. The fourth-order valence-electron chi connectivity index (χ4n) is 3.68. The van der Waals surface area contributed by atoms with E-state index in [9.17, 15) is 14.4 Å². The van der Waals surface area contributed by atoms with Crippen LogP contribution in [0.15, 0.2) is 72.8 Å². The van der Waals surface area contributed by atoms with Gasteiger partial charge in [-0.05, 0) is 86.2 Å². The maximum absolute atomic E-state index is 12.5. The number of thiocarbonyl (C=S) groups is 1.